The van der Waals surface area contributed by atoms with Crippen molar-refractivity contribution in [2.24, 2.45) is 0 Å². The number of rotatable bonds is 40. The molecule has 0 unspecified atom stereocenters. The van der Waals surface area contributed by atoms with Crippen molar-refractivity contribution in [1.82, 2.24) is 4.90 Å². The quantitative estimate of drug-likeness (QED) is 0.0348. The maximum Gasteiger partial charge on any atom is 0.323 e. The zero-order chi connectivity index (χ0) is 39.9. The van der Waals surface area contributed by atoms with Gasteiger partial charge in [-0.15, -0.1) is 0 Å². The molecule has 324 valence electrons. The van der Waals surface area contributed by atoms with Gasteiger partial charge in [0.1, 0.15) is 12.1 Å². The van der Waals surface area contributed by atoms with E-state index in [1.54, 1.807) is 0 Å². The molecule has 0 bridgehead atoms. The van der Waals surface area contributed by atoms with Gasteiger partial charge in [-0.3, -0.25) is 19.3 Å². The molecule has 1 fully saturated rings. The van der Waals surface area contributed by atoms with Gasteiger partial charge in [-0.05, 0) is 83.7 Å². The first kappa shape index (κ1) is 51.4. The molecule has 1 rings (SSSR count). The summed E-state index contributed by atoms with van der Waals surface area (Å²) in [5.74, 6) is -0.156. The minimum atomic E-state index is -0.132. The standard InChI is InChI=1S/C48H91NO6/c1-4-7-10-13-16-17-18-23-33-42-53-46(50)38-29-25-31-40-49-41-32-30-37-45(49)48(52)54-43-34-24-19-22-28-39-47(51)55-44(35-26-20-14-11-8-5-2)36-27-21-15-12-9-6-3/h44-45H,4-43H2,1-3H3/t45-/m0/s1. The summed E-state index contributed by atoms with van der Waals surface area (Å²) in [4.78, 5) is 40.2. The van der Waals surface area contributed by atoms with Crippen molar-refractivity contribution in [3.05, 3.63) is 0 Å². The minimum Gasteiger partial charge on any atom is -0.466 e. The molecular formula is C48H91NO6. The summed E-state index contributed by atoms with van der Waals surface area (Å²) in [7, 11) is 0. The normalized spacial score (nSPS) is 14.7. The van der Waals surface area contributed by atoms with Gasteiger partial charge >= 0.3 is 17.9 Å². The van der Waals surface area contributed by atoms with Crippen LogP contribution in [-0.4, -0.2) is 61.3 Å². The third kappa shape index (κ3) is 32.1. The third-order valence-corrected chi connectivity index (χ3v) is 11.5. The summed E-state index contributed by atoms with van der Waals surface area (Å²) in [6.07, 6.45) is 40.5. The van der Waals surface area contributed by atoms with E-state index in [-0.39, 0.29) is 30.1 Å². The zero-order valence-electron chi connectivity index (χ0n) is 36.8. The predicted molar refractivity (Wildman–Crippen MR) is 230 cm³/mol. The Morgan fingerprint density at radius 3 is 1.47 bits per heavy atom. The number of hydrogen-bond acceptors (Lipinski definition) is 7. The molecule has 1 saturated heterocycles. The second-order valence-corrected chi connectivity index (χ2v) is 16.8. The summed E-state index contributed by atoms with van der Waals surface area (Å²) in [5.41, 5.74) is 0. The fourth-order valence-electron chi connectivity index (χ4n) is 7.94. The summed E-state index contributed by atoms with van der Waals surface area (Å²) in [6, 6.07) is -0.132. The number of nitrogens with zero attached hydrogens (tertiary/aromatic N) is 1. The molecule has 1 aliphatic heterocycles. The van der Waals surface area contributed by atoms with Gasteiger partial charge in [0.15, 0.2) is 0 Å². The number of esters is 3. The highest BCUT2D eigenvalue weighted by atomic mass is 16.5. The Morgan fingerprint density at radius 2 is 0.927 bits per heavy atom. The molecule has 0 aromatic carbocycles. The number of ether oxygens (including phenoxy) is 3. The number of unbranched alkanes of at least 4 members (excludes halogenated alkanes) is 24. The van der Waals surface area contributed by atoms with Crippen LogP contribution in [0.15, 0.2) is 0 Å². The first-order chi connectivity index (χ1) is 27.0. The third-order valence-electron chi connectivity index (χ3n) is 11.5. The van der Waals surface area contributed by atoms with Crippen molar-refractivity contribution in [3.8, 4) is 0 Å². The number of carbonyl (C=O) groups is 3. The van der Waals surface area contributed by atoms with Crippen LogP contribution in [0.4, 0.5) is 0 Å². The molecule has 0 spiro atoms. The molecule has 0 aliphatic carbocycles. The molecule has 0 aromatic heterocycles. The van der Waals surface area contributed by atoms with Crippen LogP contribution in [-0.2, 0) is 28.6 Å². The van der Waals surface area contributed by atoms with Crippen molar-refractivity contribution in [3.63, 3.8) is 0 Å². The fraction of sp³-hybridized carbons (Fsp3) is 0.938. The van der Waals surface area contributed by atoms with Gasteiger partial charge in [-0.25, -0.2) is 0 Å². The molecule has 7 nitrogen and oxygen atoms in total. The molecule has 1 heterocycles. The van der Waals surface area contributed by atoms with Gasteiger partial charge in [-0.2, -0.15) is 0 Å². The van der Waals surface area contributed by atoms with Crippen molar-refractivity contribution in [2.45, 2.75) is 264 Å². The van der Waals surface area contributed by atoms with Crippen molar-refractivity contribution in [1.29, 1.82) is 0 Å². The van der Waals surface area contributed by atoms with E-state index < -0.39 is 0 Å². The van der Waals surface area contributed by atoms with Crippen LogP contribution in [0.25, 0.3) is 0 Å². The Bertz CT molecular complexity index is 864. The topological polar surface area (TPSA) is 82.1 Å². The van der Waals surface area contributed by atoms with Crippen LogP contribution >= 0.6 is 0 Å². The van der Waals surface area contributed by atoms with E-state index >= 15 is 0 Å². The molecular weight excluding hydrogens is 687 g/mol. The van der Waals surface area contributed by atoms with Crippen LogP contribution in [0.1, 0.15) is 252 Å². The number of piperidine rings is 1. The second-order valence-electron chi connectivity index (χ2n) is 16.8. The predicted octanol–water partition coefficient (Wildman–Crippen LogP) is 13.8. The van der Waals surface area contributed by atoms with Crippen molar-refractivity contribution in [2.75, 3.05) is 26.3 Å². The first-order valence-corrected chi connectivity index (χ1v) is 24.3. The van der Waals surface area contributed by atoms with Crippen LogP contribution in [0.5, 0.6) is 0 Å². The monoisotopic (exact) mass is 778 g/mol. The van der Waals surface area contributed by atoms with Crippen molar-refractivity contribution >= 4 is 17.9 Å². The van der Waals surface area contributed by atoms with Gasteiger partial charge in [0.25, 0.3) is 0 Å². The van der Waals surface area contributed by atoms with Crippen molar-refractivity contribution < 1.29 is 28.6 Å². The molecule has 7 heteroatoms. The smallest absolute Gasteiger partial charge is 0.323 e. The lowest BCUT2D eigenvalue weighted by Crippen LogP contribution is -2.45. The Balaban J connectivity index is 2.13. The summed E-state index contributed by atoms with van der Waals surface area (Å²) in [5, 5.41) is 0. The number of likely N-dealkylation sites (tertiary alicyclic amines) is 1. The lowest BCUT2D eigenvalue weighted by Gasteiger charge is -2.34. The molecule has 0 radical (unpaired) electrons. The van der Waals surface area contributed by atoms with Crippen LogP contribution in [0.3, 0.4) is 0 Å². The van der Waals surface area contributed by atoms with Gasteiger partial charge in [0.05, 0.1) is 13.2 Å². The van der Waals surface area contributed by atoms with Gasteiger partial charge in [-0.1, -0.05) is 168 Å². The van der Waals surface area contributed by atoms with Crippen LogP contribution in [0.2, 0.25) is 0 Å². The molecule has 1 atom stereocenters. The number of carbonyl (C=O) groups excluding carboxylic acids is 3. The highest BCUT2D eigenvalue weighted by Crippen LogP contribution is 2.21. The highest BCUT2D eigenvalue weighted by molar-refractivity contribution is 5.75. The van der Waals surface area contributed by atoms with E-state index in [0.717, 1.165) is 109 Å². The Kier molecular flexibility index (Phi) is 36.6. The lowest BCUT2D eigenvalue weighted by atomic mass is 10.0. The largest absolute Gasteiger partial charge is 0.466 e. The molecule has 0 aromatic rings. The molecule has 0 amide bonds. The summed E-state index contributed by atoms with van der Waals surface area (Å²) in [6.45, 7) is 9.63. The van der Waals surface area contributed by atoms with Gasteiger partial charge in [0, 0.05) is 12.8 Å². The molecule has 1 aliphatic rings. The average molecular weight is 778 g/mol. The maximum absolute atomic E-state index is 13.0. The van der Waals surface area contributed by atoms with E-state index in [4.69, 9.17) is 14.2 Å². The Labute approximate surface area is 340 Å². The van der Waals surface area contributed by atoms with Crippen LogP contribution in [0, 0.1) is 0 Å². The van der Waals surface area contributed by atoms with E-state index in [9.17, 15) is 14.4 Å². The van der Waals surface area contributed by atoms with Crippen LogP contribution < -0.4 is 0 Å². The van der Waals surface area contributed by atoms with E-state index in [1.165, 1.54) is 122 Å². The number of hydrogen-bond donors (Lipinski definition) is 0. The Hall–Kier alpha value is -1.63. The molecule has 0 N–H and O–H groups in total. The van der Waals surface area contributed by atoms with Gasteiger partial charge in [0.2, 0.25) is 0 Å². The SMILES string of the molecule is CCCCCCCCCCCOC(=O)CCCCCN1CCCC[C@H]1C(=O)OCCCCCCCC(=O)OC(CCCCCCCC)CCCCCCCC. The highest BCUT2D eigenvalue weighted by Gasteiger charge is 2.29. The van der Waals surface area contributed by atoms with E-state index in [2.05, 4.69) is 25.7 Å². The van der Waals surface area contributed by atoms with E-state index in [1.807, 2.05) is 0 Å². The lowest BCUT2D eigenvalue weighted by molar-refractivity contribution is -0.152. The van der Waals surface area contributed by atoms with Gasteiger partial charge < -0.3 is 14.2 Å². The van der Waals surface area contributed by atoms with E-state index in [0.29, 0.717) is 26.1 Å². The first-order valence-electron chi connectivity index (χ1n) is 24.3. The summed E-state index contributed by atoms with van der Waals surface area (Å²) >= 11 is 0. The zero-order valence-corrected chi connectivity index (χ0v) is 36.8. The average Bonchev–Trinajstić information content (AvgIpc) is 3.19. The minimum absolute atomic E-state index is 0.0185. The molecule has 0 saturated carbocycles. The molecule has 55 heavy (non-hydrogen) atoms. The maximum atomic E-state index is 13.0. The Morgan fingerprint density at radius 1 is 0.491 bits per heavy atom. The summed E-state index contributed by atoms with van der Waals surface area (Å²) < 4.78 is 17.2. The second kappa shape index (κ2) is 39.2. The fourth-order valence-corrected chi connectivity index (χ4v) is 7.94.